The van der Waals surface area contributed by atoms with Gasteiger partial charge in [0, 0.05) is 5.88 Å². The fraction of sp³-hybridized carbons (Fsp3) is 0.909. The summed E-state index contributed by atoms with van der Waals surface area (Å²) in [7, 11) is 0. The van der Waals surface area contributed by atoms with E-state index in [1.165, 1.54) is 19.3 Å². The van der Waals surface area contributed by atoms with E-state index in [0.717, 1.165) is 25.0 Å². The number of alkyl halides is 1. The molecule has 1 heterocycles. The van der Waals surface area contributed by atoms with Gasteiger partial charge in [-0.25, -0.2) is 0 Å². The van der Waals surface area contributed by atoms with Gasteiger partial charge in [-0.05, 0) is 37.9 Å². The summed E-state index contributed by atoms with van der Waals surface area (Å²) in [4.78, 5) is 12.0. The van der Waals surface area contributed by atoms with Gasteiger partial charge in [-0.2, -0.15) is 0 Å². The molecule has 4 heteroatoms. The normalized spacial score (nSPS) is 29.3. The molecular weight excluding hydrogens is 230 g/mol. The number of thioether (sulfide) groups is 1. The molecule has 0 radical (unpaired) electrons. The monoisotopic (exact) mass is 247 g/mol. The summed E-state index contributed by atoms with van der Waals surface area (Å²) in [5.41, 5.74) is -0.0589. The Labute approximate surface area is 101 Å². The lowest BCUT2D eigenvalue weighted by molar-refractivity contribution is -0.123. The zero-order valence-electron chi connectivity index (χ0n) is 8.93. The summed E-state index contributed by atoms with van der Waals surface area (Å²) < 4.78 is 0. The van der Waals surface area contributed by atoms with Crippen LogP contribution >= 0.6 is 23.4 Å². The average Bonchev–Trinajstić information content (AvgIpc) is 2.24. The lowest BCUT2D eigenvalue weighted by Crippen LogP contribution is -2.57. The number of rotatable bonds is 3. The first-order valence-electron chi connectivity index (χ1n) is 5.75. The van der Waals surface area contributed by atoms with Crippen LogP contribution in [0.4, 0.5) is 0 Å². The molecule has 0 bridgehead atoms. The van der Waals surface area contributed by atoms with Gasteiger partial charge in [0.05, 0.1) is 10.8 Å². The van der Waals surface area contributed by atoms with Crippen LogP contribution < -0.4 is 5.32 Å². The summed E-state index contributed by atoms with van der Waals surface area (Å²) in [6.45, 7) is 0. The van der Waals surface area contributed by atoms with Crippen LogP contribution in [0, 0.1) is 0 Å². The van der Waals surface area contributed by atoms with Crippen LogP contribution in [0.25, 0.3) is 0 Å². The van der Waals surface area contributed by atoms with E-state index in [1.807, 2.05) is 0 Å². The van der Waals surface area contributed by atoms with Crippen LogP contribution in [-0.2, 0) is 4.79 Å². The van der Waals surface area contributed by atoms with E-state index in [2.05, 4.69) is 5.32 Å². The first kappa shape index (κ1) is 11.6. The first-order valence-corrected chi connectivity index (χ1v) is 7.34. The second kappa shape index (κ2) is 4.96. The van der Waals surface area contributed by atoms with E-state index in [9.17, 15) is 4.79 Å². The van der Waals surface area contributed by atoms with Crippen molar-refractivity contribution in [2.24, 2.45) is 0 Å². The number of carbonyl (C=O) groups is 1. The molecule has 2 nitrogen and oxygen atoms in total. The Bertz CT molecular complexity index is 231. The molecule has 1 saturated heterocycles. The first-order chi connectivity index (χ1) is 7.26. The molecule has 2 fully saturated rings. The Morgan fingerprint density at radius 2 is 2.20 bits per heavy atom. The predicted octanol–water partition coefficient (Wildman–Crippen LogP) is 2.55. The van der Waals surface area contributed by atoms with E-state index in [1.54, 1.807) is 11.8 Å². The third kappa shape index (κ3) is 2.62. The third-order valence-corrected chi connectivity index (χ3v) is 5.32. The van der Waals surface area contributed by atoms with Gasteiger partial charge < -0.3 is 5.32 Å². The quantitative estimate of drug-likeness (QED) is 0.777. The molecule has 0 aromatic heterocycles. The summed E-state index contributed by atoms with van der Waals surface area (Å²) in [6.07, 6.45) is 6.80. The average molecular weight is 248 g/mol. The lowest BCUT2D eigenvalue weighted by atomic mass is 9.78. The molecule has 1 aliphatic heterocycles. The zero-order valence-corrected chi connectivity index (χ0v) is 10.5. The minimum atomic E-state index is -0.0589. The molecule has 86 valence electrons. The number of hydrogen-bond donors (Lipinski definition) is 1. The molecule has 2 rings (SSSR count). The Hall–Kier alpha value is 0.110. The minimum Gasteiger partial charge on any atom is -0.349 e. The van der Waals surface area contributed by atoms with Crippen molar-refractivity contribution in [1.29, 1.82) is 0 Å². The van der Waals surface area contributed by atoms with Crippen LogP contribution in [0.2, 0.25) is 0 Å². The van der Waals surface area contributed by atoms with E-state index < -0.39 is 0 Å². The maximum atomic E-state index is 12.0. The molecular formula is C11H18ClNOS. The molecule has 1 amide bonds. The Morgan fingerprint density at radius 1 is 1.40 bits per heavy atom. The topological polar surface area (TPSA) is 29.1 Å². The van der Waals surface area contributed by atoms with Crippen molar-refractivity contribution in [2.45, 2.75) is 49.3 Å². The van der Waals surface area contributed by atoms with Gasteiger partial charge in [0.1, 0.15) is 0 Å². The zero-order chi connectivity index (χ0) is 10.7. The summed E-state index contributed by atoms with van der Waals surface area (Å²) in [5.74, 6) is 1.92. The fourth-order valence-electron chi connectivity index (χ4n) is 2.18. The fourth-order valence-corrected chi connectivity index (χ4v) is 3.72. The lowest BCUT2D eigenvalue weighted by Gasteiger charge is -2.42. The van der Waals surface area contributed by atoms with Gasteiger partial charge in [-0.15, -0.1) is 23.4 Å². The number of halogens is 1. The molecule has 0 aromatic carbocycles. The smallest absolute Gasteiger partial charge is 0.233 e. The van der Waals surface area contributed by atoms with Crippen LogP contribution in [0.1, 0.15) is 38.5 Å². The summed E-state index contributed by atoms with van der Waals surface area (Å²) in [6, 6.07) is 0. The van der Waals surface area contributed by atoms with Crippen LogP contribution in [0.15, 0.2) is 0 Å². The molecule has 1 unspecified atom stereocenters. The molecule has 1 aliphatic carbocycles. The molecule has 15 heavy (non-hydrogen) atoms. The predicted molar refractivity (Wildman–Crippen MR) is 65.5 cm³/mol. The van der Waals surface area contributed by atoms with Crippen molar-refractivity contribution >= 4 is 29.3 Å². The number of nitrogens with one attached hydrogen (secondary N) is 1. The van der Waals surface area contributed by atoms with E-state index >= 15 is 0 Å². The van der Waals surface area contributed by atoms with Crippen molar-refractivity contribution in [3.8, 4) is 0 Å². The van der Waals surface area contributed by atoms with Crippen LogP contribution in [0.3, 0.4) is 0 Å². The summed E-state index contributed by atoms with van der Waals surface area (Å²) in [5, 5.41) is 3.34. The van der Waals surface area contributed by atoms with Gasteiger partial charge >= 0.3 is 0 Å². The molecule has 0 aromatic rings. The number of hydrogen-bond acceptors (Lipinski definition) is 2. The Kier molecular flexibility index (Phi) is 3.83. The van der Waals surface area contributed by atoms with E-state index in [-0.39, 0.29) is 16.7 Å². The van der Waals surface area contributed by atoms with E-state index in [4.69, 9.17) is 11.6 Å². The Balaban J connectivity index is 1.85. The van der Waals surface area contributed by atoms with Gasteiger partial charge in [-0.3, -0.25) is 4.79 Å². The molecule has 1 N–H and O–H groups in total. The van der Waals surface area contributed by atoms with Crippen LogP contribution in [-0.4, -0.2) is 28.3 Å². The molecule has 0 spiro atoms. The van der Waals surface area contributed by atoms with Gasteiger partial charge in [0.2, 0.25) is 5.91 Å². The second-order valence-corrected chi connectivity index (χ2v) is 6.19. The Morgan fingerprint density at radius 3 is 2.67 bits per heavy atom. The largest absolute Gasteiger partial charge is 0.349 e. The number of amides is 1. The van der Waals surface area contributed by atoms with E-state index in [0.29, 0.717) is 5.88 Å². The van der Waals surface area contributed by atoms with Crippen molar-refractivity contribution in [2.75, 3.05) is 11.6 Å². The summed E-state index contributed by atoms with van der Waals surface area (Å²) >= 11 is 7.72. The molecule has 2 aliphatic rings. The van der Waals surface area contributed by atoms with Gasteiger partial charge in [0.15, 0.2) is 0 Å². The van der Waals surface area contributed by atoms with Crippen molar-refractivity contribution in [1.82, 2.24) is 5.32 Å². The highest BCUT2D eigenvalue weighted by molar-refractivity contribution is 8.00. The maximum absolute atomic E-state index is 12.0. The highest BCUT2D eigenvalue weighted by atomic mass is 35.5. The second-order valence-electron chi connectivity index (χ2n) is 4.61. The third-order valence-electron chi connectivity index (χ3n) is 3.43. The SMILES string of the molecule is O=C(NC1(CCl)CCC1)C1CCCCS1. The minimum absolute atomic E-state index is 0.0589. The van der Waals surface area contributed by atoms with Gasteiger partial charge in [0.25, 0.3) is 0 Å². The highest BCUT2D eigenvalue weighted by Gasteiger charge is 2.39. The number of carbonyl (C=O) groups excluding carboxylic acids is 1. The molecule has 1 saturated carbocycles. The van der Waals surface area contributed by atoms with Crippen molar-refractivity contribution in [3.63, 3.8) is 0 Å². The maximum Gasteiger partial charge on any atom is 0.233 e. The van der Waals surface area contributed by atoms with Gasteiger partial charge in [-0.1, -0.05) is 6.42 Å². The van der Waals surface area contributed by atoms with Crippen molar-refractivity contribution < 1.29 is 4.79 Å². The highest BCUT2D eigenvalue weighted by Crippen LogP contribution is 2.34. The van der Waals surface area contributed by atoms with Crippen LogP contribution in [0.5, 0.6) is 0 Å². The van der Waals surface area contributed by atoms with Crippen molar-refractivity contribution in [3.05, 3.63) is 0 Å². The standard InChI is InChI=1S/C11H18ClNOS/c12-8-11(5-3-6-11)13-10(14)9-4-1-2-7-15-9/h9H,1-8H2,(H,13,14). The molecule has 1 atom stereocenters.